The average molecular weight is 295 g/mol. The van der Waals surface area contributed by atoms with Gasteiger partial charge in [0.2, 0.25) is 5.76 Å². The maximum atomic E-state index is 12.9. The number of hydrogen-bond acceptors (Lipinski definition) is 4. The van der Waals surface area contributed by atoms with Crippen molar-refractivity contribution in [1.29, 1.82) is 0 Å². The number of esters is 1. The molecular weight excluding hydrogens is 284 g/mol. The van der Waals surface area contributed by atoms with Crippen molar-refractivity contribution in [2.75, 3.05) is 11.9 Å². The molecule has 0 bridgehead atoms. The van der Waals surface area contributed by atoms with Crippen molar-refractivity contribution in [3.05, 3.63) is 53.5 Å². The maximum Gasteiger partial charge on any atom is 0.374 e. The molecule has 0 aliphatic rings. The standard InChI is InChI=1S/C14H11F2NO4/c1-8-2-3-12(21-8)14(19)20-7-13(18)17-11-5-9(15)4-10(16)6-11/h2-6H,7H2,1H3,(H,17,18). The van der Waals surface area contributed by atoms with Crippen molar-refractivity contribution < 1.29 is 27.5 Å². The highest BCUT2D eigenvalue weighted by Gasteiger charge is 2.14. The lowest BCUT2D eigenvalue weighted by molar-refractivity contribution is -0.119. The van der Waals surface area contributed by atoms with Crippen LogP contribution in [-0.4, -0.2) is 18.5 Å². The highest BCUT2D eigenvalue weighted by atomic mass is 19.1. The first-order valence-electron chi connectivity index (χ1n) is 5.93. The lowest BCUT2D eigenvalue weighted by atomic mass is 10.3. The number of carbonyl (C=O) groups excluding carboxylic acids is 2. The van der Waals surface area contributed by atoms with Crippen molar-refractivity contribution in [1.82, 2.24) is 0 Å². The van der Waals surface area contributed by atoms with Gasteiger partial charge in [0.1, 0.15) is 17.4 Å². The highest BCUT2D eigenvalue weighted by Crippen LogP contribution is 2.13. The first kappa shape index (κ1) is 14.7. The number of ether oxygens (including phenoxy) is 1. The summed E-state index contributed by atoms with van der Waals surface area (Å²) in [4.78, 5) is 23.0. The molecule has 2 aromatic rings. The topological polar surface area (TPSA) is 68.5 Å². The first-order valence-corrected chi connectivity index (χ1v) is 5.93. The third-order valence-electron chi connectivity index (χ3n) is 2.42. The molecule has 21 heavy (non-hydrogen) atoms. The summed E-state index contributed by atoms with van der Waals surface area (Å²) in [5.41, 5.74) is -0.0672. The number of anilines is 1. The summed E-state index contributed by atoms with van der Waals surface area (Å²) in [5.74, 6) is -2.68. The van der Waals surface area contributed by atoms with Gasteiger partial charge in [-0.1, -0.05) is 0 Å². The minimum absolute atomic E-state index is 0.0305. The normalized spacial score (nSPS) is 10.2. The zero-order valence-corrected chi connectivity index (χ0v) is 11.0. The molecule has 2 rings (SSSR count). The second kappa shape index (κ2) is 6.17. The van der Waals surface area contributed by atoms with Crippen molar-refractivity contribution in [3.8, 4) is 0 Å². The van der Waals surface area contributed by atoms with E-state index < -0.39 is 30.1 Å². The van der Waals surface area contributed by atoms with E-state index in [0.717, 1.165) is 12.1 Å². The zero-order chi connectivity index (χ0) is 15.4. The third kappa shape index (κ3) is 4.13. The van der Waals surface area contributed by atoms with Gasteiger partial charge in [0.25, 0.3) is 5.91 Å². The molecule has 0 aliphatic heterocycles. The molecule has 0 aliphatic carbocycles. The molecule has 0 spiro atoms. The van der Waals surface area contributed by atoms with E-state index in [0.29, 0.717) is 11.8 Å². The molecule has 1 amide bonds. The molecule has 0 fully saturated rings. The summed E-state index contributed by atoms with van der Waals surface area (Å²) in [6.07, 6.45) is 0. The van der Waals surface area contributed by atoms with Crippen LogP contribution in [0, 0.1) is 18.6 Å². The van der Waals surface area contributed by atoms with Crippen LogP contribution in [0.3, 0.4) is 0 Å². The van der Waals surface area contributed by atoms with Gasteiger partial charge in [-0.3, -0.25) is 4.79 Å². The van der Waals surface area contributed by atoms with Crippen LogP contribution < -0.4 is 5.32 Å². The smallest absolute Gasteiger partial charge is 0.374 e. The Labute approximate surface area is 118 Å². The molecule has 1 aromatic heterocycles. The quantitative estimate of drug-likeness (QED) is 0.880. The lowest BCUT2D eigenvalue weighted by Crippen LogP contribution is -2.20. The van der Waals surface area contributed by atoms with Crippen LogP contribution >= 0.6 is 0 Å². The number of aryl methyl sites for hydroxylation is 1. The first-order chi connectivity index (χ1) is 9.94. The summed E-state index contributed by atoms with van der Waals surface area (Å²) < 4.78 is 35.6. The minimum atomic E-state index is -0.826. The fourth-order valence-electron chi connectivity index (χ4n) is 1.57. The van der Waals surface area contributed by atoms with Gasteiger partial charge < -0.3 is 14.5 Å². The number of hydrogen-bond donors (Lipinski definition) is 1. The third-order valence-corrected chi connectivity index (χ3v) is 2.42. The van der Waals surface area contributed by atoms with Crippen molar-refractivity contribution in [2.45, 2.75) is 6.92 Å². The number of rotatable bonds is 4. The molecule has 5 nitrogen and oxygen atoms in total. The SMILES string of the molecule is Cc1ccc(C(=O)OCC(=O)Nc2cc(F)cc(F)c2)o1. The number of nitrogens with one attached hydrogen (secondary N) is 1. The molecule has 0 atom stereocenters. The van der Waals surface area contributed by atoms with Crippen molar-refractivity contribution >= 4 is 17.6 Å². The van der Waals surface area contributed by atoms with E-state index in [9.17, 15) is 18.4 Å². The van der Waals surface area contributed by atoms with Crippen LogP contribution in [0.1, 0.15) is 16.3 Å². The Morgan fingerprint density at radius 1 is 1.19 bits per heavy atom. The largest absolute Gasteiger partial charge is 0.454 e. The number of benzene rings is 1. The Kier molecular flexibility index (Phi) is 4.32. The van der Waals surface area contributed by atoms with Crippen LogP contribution in [0.15, 0.2) is 34.7 Å². The van der Waals surface area contributed by atoms with Crippen LogP contribution in [0.5, 0.6) is 0 Å². The number of carbonyl (C=O) groups is 2. The van der Waals surface area contributed by atoms with Gasteiger partial charge in [-0.05, 0) is 31.2 Å². The Morgan fingerprint density at radius 2 is 1.86 bits per heavy atom. The summed E-state index contributed by atoms with van der Waals surface area (Å²) >= 11 is 0. The molecule has 1 heterocycles. The molecule has 0 radical (unpaired) electrons. The zero-order valence-electron chi connectivity index (χ0n) is 11.0. The summed E-state index contributed by atoms with van der Waals surface area (Å²) in [6.45, 7) is 1.05. The molecule has 0 unspecified atom stereocenters. The van der Waals surface area contributed by atoms with E-state index in [1.165, 1.54) is 6.07 Å². The average Bonchev–Trinajstić information content (AvgIpc) is 2.81. The van der Waals surface area contributed by atoms with E-state index in [1.807, 2.05) is 0 Å². The van der Waals surface area contributed by atoms with Crippen LogP contribution in [-0.2, 0) is 9.53 Å². The van der Waals surface area contributed by atoms with E-state index in [4.69, 9.17) is 9.15 Å². The molecular formula is C14H11F2NO4. The van der Waals surface area contributed by atoms with Crippen LogP contribution in [0.4, 0.5) is 14.5 Å². The second-order valence-electron chi connectivity index (χ2n) is 4.19. The van der Waals surface area contributed by atoms with Gasteiger partial charge >= 0.3 is 5.97 Å². The second-order valence-corrected chi connectivity index (χ2v) is 4.19. The predicted molar refractivity (Wildman–Crippen MR) is 68.7 cm³/mol. The number of amides is 1. The molecule has 0 saturated carbocycles. The molecule has 1 aromatic carbocycles. The number of furan rings is 1. The minimum Gasteiger partial charge on any atom is -0.454 e. The van der Waals surface area contributed by atoms with E-state index in [2.05, 4.69) is 5.32 Å². The molecule has 1 N–H and O–H groups in total. The van der Waals surface area contributed by atoms with Crippen molar-refractivity contribution in [2.24, 2.45) is 0 Å². The molecule has 110 valence electrons. The van der Waals surface area contributed by atoms with Gasteiger partial charge in [-0.25, -0.2) is 13.6 Å². The summed E-state index contributed by atoms with van der Waals surface area (Å²) in [5, 5.41) is 2.21. The summed E-state index contributed by atoms with van der Waals surface area (Å²) in [7, 11) is 0. The fraction of sp³-hybridized carbons (Fsp3) is 0.143. The van der Waals surface area contributed by atoms with Gasteiger partial charge in [0.05, 0.1) is 0 Å². The Morgan fingerprint density at radius 3 is 2.43 bits per heavy atom. The maximum absolute atomic E-state index is 12.9. The predicted octanol–water partition coefficient (Wildman–Crippen LogP) is 2.66. The van der Waals surface area contributed by atoms with E-state index in [1.54, 1.807) is 13.0 Å². The molecule has 0 saturated heterocycles. The highest BCUT2D eigenvalue weighted by molar-refractivity contribution is 5.94. The fourth-order valence-corrected chi connectivity index (χ4v) is 1.57. The Hall–Kier alpha value is -2.70. The Balaban J connectivity index is 1.88. The Bertz CT molecular complexity index is 661. The summed E-state index contributed by atoms with van der Waals surface area (Å²) in [6, 6.07) is 5.55. The van der Waals surface area contributed by atoms with Crippen LogP contribution in [0.2, 0.25) is 0 Å². The lowest BCUT2D eigenvalue weighted by Gasteiger charge is -2.06. The van der Waals surface area contributed by atoms with Gasteiger partial charge in [-0.15, -0.1) is 0 Å². The van der Waals surface area contributed by atoms with Crippen LogP contribution in [0.25, 0.3) is 0 Å². The van der Waals surface area contributed by atoms with Gasteiger partial charge in [0, 0.05) is 11.8 Å². The number of halogens is 2. The monoisotopic (exact) mass is 295 g/mol. The molecule has 7 heteroatoms. The van der Waals surface area contributed by atoms with Gasteiger partial charge in [-0.2, -0.15) is 0 Å². The van der Waals surface area contributed by atoms with E-state index in [-0.39, 0.29) is 11.4 Å². The van der Waals surface area contributed by atoms with Crippen molar-refractivity contribution in [3.63, 3.8) is 0 Å². The van der Waals surface area contributed by atoms with Gasteiger partial charge in [0.15, 0.2) is 6.61 Å². The van der Waals surface area contributed by atoms with E-state index >= 15 is 0 Å².